The third kappa shape index (κ3) is 3.47. The Balaban J connectivity index is 1.50. The molecule has 3 heterocycles. The summed E-state index contributed by atoms with van der Waals surface area (Å²) in [6, 6.07) is 9.69. The molecule has 2 aromatic heterocycles. The molecule has 3 aromatic rings. The van der Waals surface area contributed by atoms with Crippen molar-refractivity contribution in [3.8, 4) is 5.69 Å². The SMILES string of the molecule is O=C(Nc1ncc(C2CCNCC2)s1)c1cncn1-c1ccccc1. The summed E-state index contributed by atoms with van der Waals surface area (Å²) in [7, 11) is 0. The van der Waals surface area contributed by atoms with Crippen LogP contribution >= 0.6 is 11.3 Å². The van der Waals surface area contributed by atoms with Gasteiger partial charge in [0.1, 0.15) is 5.69 Å². The maximum atomic E-state index is 12.6. The van der Waals surface area contributed by atoms with Crippen LogP contribution in [0, 0.1) is 0 Å². The molecule has 4 rings (SSSR count). The van der Waals surface area contributed by atoms with Crippen LogP contribution in [0.2, 0.25) is 0 Å². The number of piperidine rings is 1. The number of aromatic nitrogens is 3. The fourth-order valence-corrected chi connectivity index (χ4v) is 4.04. The first-order chi connectivity index (χ1) is 12.3. The zero-order valence-electron chi connectivity index (χ0n) is 13.7. The Morgan fingerprint density at radius 3 is 2.80 bits per heavy atom. The van der Waals surface area contributed by atoms with Crippen LogP contribution in [0.1, 0.15) is 34.1 Å². The van der Waals surface area contributed by atoms with Crippen molar-refractivity contribution in [1.29, 1.82) is 0 Å². The summed E-state index contributed by atoms with van der Waals surface area (Å²) >= 11 is 1.57. The highest BCUT2D eigenvalue weighted by atomic mass is 32.1. The van der Waals surface area contributed by atoms with Gasteiger partial charge in [0.05, 0.1) is 12.5 Å². The summed E-state index contributed by atoms with van der Waals surface area (Å²) in [5.41, 5.74) is 1.39. The summed E-state index contributed by atoms with van der Waals surface area (Å²) in [6.45, 7) is 2.08. The number of amides is 1. The minimum absolute atomic E-state index is 0.201. The minimum Gasteiger partial charge on any atom is -0.317 e. The predicted octanol–water partition coefficient (Wildman–Crippen LogP) is 3.05. The molecule has 0 saturated carbocycles. The second-order valence-corrected chi connectivity index (χ2v) is 7.09. The highest BCUT2D eigenvalue weighted by Gasteiger charge is 2.19. The van der Waals surface area contributed by atoms with Crippen molar-refractivity contribution in [3.05, 3.63) is 59.6 Å². The maximum Gasteiger partial charge on any atom is 0.276 e. The van der Waals surface area contributed by atoms with Crippen LogP contribution in [0.3, 0.4) is 0 Å². The van der Waals surface area contributed by atoms with Crippen molar-refractivity contribution in [2.24, 2.45) is 0 Å². The highest BCUT2D eigenvalue weighted by Crippen LogP contribution is 2.31. The number of hydrogen-bond donors (Lipinski definition) is 2. The monoisotopic (exact) mass is 353 g/mol. The number of hydrogen-bond acceptors (Lipinski definition) is 5. The molecule has 6 nitrogen and oxygen atoms in total. The minimum atomic E-state index is -0.201. The molecule has 0 atom stereocenters. The van der Waals surface area contributed by atoms with Crippen molar-refractivity contribution >= 4 is 22.4 Å². The van der Waals surface area contributed by atoms with Gasteiger partial charge < -0.3 is 5.32 Å². The van der Waals surface area contributed by atoms with Crippen molar-refractivity contribution in [1.82, 2.24) is 19.9 Å². The first kappa shape index (κ1) is 16.0. The predicted molar refractivity (Wildman–Crippen MR) is 98.5 cm³/mol. The number of carbonyl (C=O) groups is 1. The molecule has 25 heavy (non-hydrogen) atoms. The van der Waals surface area contributed by atoms with Crippen LogP contribution in [-0.4, -0.2) is 33.5 Å². The smallest absolute Gasteiger partial charge is 0.276 e. The van der Waals surface area contributed by atoms with Gasteiger partial charge in [0.25, 0.3) is 5.91 Å². The average Bonchev–Trinajstić information content (AvgIpc) is 3.33. The number of rotatable bonds is 4. The lowest BCUT2D eigenvalue weighted by atomic mass is 9.97. The van der Waals surface area contributed by atoms with Crippen LogP contribution in [0.25, 0.3) is 5.69 Å². The molecule has 128 valence electrons. The maximum absolute atomic E-state index is 12.6. The zero-order valence-corrected chi connectivity index (χ0v) is 14.5. The second kappa shape index (κ2) is 7.16. The molecule has 0 bridgehead atoms. The van der Waals surface area contributed by atoms with E-state index < -0.39 is 0 Å². The first-order valence-electron chi connectivity index (χ1n) is 8.37. The van der Waals surface area contributed by atoms with E-state index in [1.807, 2.05) is 36.5 Å². The molecule has 1 saturated heterocycles. The van der Waals surface area contributed by atoms with Crippen LogP contribution < -0.4 is 10.6 Å². The lowest BCUT2D eigenvalue weighted by molar-refractivity contribution is 0.102. The van der Waals surface area contributed by atoms with Gasteiger partial charge in [0, 0.05) is 16.8 Å². The first-order valence-corrected chi connectivity index (χ1v) is 9.18. The van der Waals surface area contributed by atoms with Crippen molar-refractivity contribution in [2.75, 3.05) is 18.4 Å². The van der Waals surface area contributed by atoms with E-state index in [1.165, 1.54) is 4.88 Å². The molecule has 7 heteroatoms. The third-order valence-electron chi connectivity index (χ3n) is 4.39. The van der Waals surface area contributed by atoms with Gasteiger partial charge in [-0.2, -0.15) is 0 Å². The quantitative estimate of drug-likeness (QED) is 0.756. The van der Waals surface area contributed by atoms with E-state index in [4.69, 9.17) is 0 Å². The van der Waals surface area contributed by atoms with Crippen LogP contribution in [0.5, 0.6) is 0 Å². The molecule has 0 spiro atoms. The molecule has 1 aliphatic rings. The number of thiazole rings is 1. The van der Waals surface area contributed by atoms with Gasteiger partial charge in [0.2, 0.25) is 0 Å². The fourth-order valence-electron chi connectivity index (χ4n) is 3.06. The van der Waals surface area contributed by atoms with Gasteiger partial charge in [-0.05, 0) is 44.0 Å². The number of nitrogens with zero attached hydrogens (tertiary/aromatic N) is 3. The molecule has 2 N–H and O–H groups in total. The fraction of sp³-hybridized carbons (Fsp3) is 0.278. The number of benzene rings is 1. The Labute approximate surface area is 149 Å². The van der Waals surface area contributed by atoms with Gasteiger partial charge >= 0.3 is 0 Å². The second-order valence-electron chi connectivity index (χ2n) is 6.03. The van der Waals surface area contributed by atoms with E-state index in [0.29, 0.717) is 16.7 Å². The van der Waals surface area contributed by atoms with Gasteiger partial charge in [0.15, 0.2) is 5.13 Å². The summed E-state index contributed by atoms with van der Waals surface area (Å²) in [5, 5.41) is 6.91. The Kier molecular flexibility index (Phi) is 4.58. The van der Waals surface area contributed by atoms with Crippen molar-refractivity contribution in [2.45, 2.75) is 18.8 Å². The van der Waals surface area contributed by atoms with Gasteiger partial charge in [-0.15, -0.1) is 11.3 Å². The van der Waals surface area contributed by atoms with Crippen LogP contribution in [0.4, 0.5) is 5.13 Å². The van der Waals surface area contributed by atoms with E-state index in [1.54, 1.807) is 28.4 Å². The molecule has 1 amide bonds. The number of imidazole rings is 1. The molecular formula is C18H19N5OS. The van der Waals surface area contributed by atoms with E-state index in [0.717, 1.165) is 31.6 Å². The van der Waals surface area contributed by atoms with E-state index >= 15 is 0 Å². The van der Waals surface area contributed by atoms with Gasteiger partial charge in [-0.3, -0.25) is 14.7 Å². The molecule has 0 unspecified atom stereocenters. The van der Waals surface area contributed by atoms with Crippen LogP contribution in [-0.2, 0) is 0 Å². The lowest BCUT2D eigenvalue weighted by Gasteiger charge is -2.20. The van der Waals surface area contributed by atoms with E-state index in [9.17, 15) is 4.79 Å². The molecule has 0 radical (unpaired) electrons. The van der Waals surface area contributed by atoms with Gasteiger partial charge in [-0.25, -0.2) is 9.97 Å². The Hall–Kier alpha value is -2.51. The molecule has 1 aliphatic heterocycles. The summed E-state index contributed by atoms with van der Waals surface area (Å²) in [4.78, 5) is 22.4. The Morgan fingerprint density at radius 1 is 1.20 bits per heavy atom. The van der Waals surface area contributed by atoms with Crippen molar-refractivity contribution < 1.29 is 4.79 Å². The summed E-state index contributed by atoms with van der Waals surface area (Å²) in [6.07, 6.45) is 7.35. The average molecular weight is 353 g/mol. The Morgan fingerprint density at radius 2 is 2.00 bits per heavy atom. The zero-order chi connectivity index (χ0) is 17.1. The standard InChI is InChI=1S/C18H19N5OS/c24-17(15-10-20-12-23(15)14-4-2-1-3-5-14)22-18-21-11-16(25-18)13-6-8-19-9-7-13/h1-5,10-13,19H,6-9H2,(H,21,22,24). The number of nitrogens with one attached hydrogen (secondary N) is 2. The normalized spacial score (nSPS) is 15.2. The molecular weight excluding hydrogens is 334 g/mol. The Bertz CT molecular complexity index is 851. The highest BCUT2D eigenvalue weighted by molar-refractivity contribution is 7.15. The number of para-hydroxylation sites is 1. The van der Waals surface area contributed by atoms with E-state index in [2.05, 4.69) is 20.6 Å². The number of anilines is 1. The largest absolute Gasteiger partial charge is 0.317 e. The van der Waals surface area contributed by atoms with Crippen LogP contribution in [0.15, 0.2) is 49.1 Å². The molecule has 1 aromatic carbocycles. The van der Waals surface area contributed by atoms with Crippen molar-refractivity contribution in [3.63, 3.8) is 0 Å². The third-order valence-corrected chi connectivity index (χ3v) is 5.47. The van der Waals surface area contributed by atoms with E-state index in [-0.39, 0.29) is 5.91 Å². The lowest BCUT2D eigenvalue weighted by Crippen LogP contribution is -2.26. The summed E-state index contributed by atoms with van der Waals surface area (Å²) in [5.74, 6) is 0.340. The molecule has 1 fully saturated rings. The number of carbonyl (C=O) groups excluding carboxylic acids is 1. The topological polar surface area (TPSA) is 71.8 Å². The summed E-state index contributed by atoms with van der Waals surface area (Å²) < 4.78 is 1.77. The van der Waals surface area contributed by atoms with Gasteiger partial charge in [-0.1, -0.05) is 18.2 Å². The molecule has 0 aliphatic carbocycles.